The molecule has 3 heterocycles. The smallest absolute Gasteiger partial charge is 0.305 e. The van der Waals surface area contributed by atoms with Gasteiger partial charge in [-0.1, -0.05) is 30.1 Å². The molecule has 1 aliphatic heterocycles. The van der Waals surface area contributed by atoms with Gasteiger partial charge in [0, 0.05) is 41.8 Å². The zero-order chi connectivity index (χ0) is 22.8. The number of halogens is 2. The number of aromatic nitrogens is 3. The quantitative estimate of drug-likeness (QED) is 0.449. The predicted octanol–water partition coefficient (Wildman–Crippen LogP) is 5.21. The van der Waals surface area contributed by atoms with Crippen LogP contribution in [0.2, 0.25) is 10.0 Å². The molecule has 0 bridgehead atoms. The monoisotopic (exact) mass is 476 g/mol. The van der Waals surface area contributed by atoms with E-state index in [0.29, 0.717) is 22.2 Å². The van der Waals surface area contributed by atoms with Crippen LogP contribution in [0.4, 0.5) is 5.82 Å². The van der Waals surface area contributed by atoms with Gasteiger partial charge in [-0.15, -0.1) is 0 Å². The maximum absolute atomic E-state index is 10.8. The van der Waals surface area contributed by atoms with Crippen molar-refractivity contribution in [3.63, 3.8) is 0 Å². The summed E-state index contributed by atoms with van der Waals surface area (Å²) in [6.07, 6.45) is 7.31. The number of fused-ring (bicyclic) bond motifs is 1. The molecule has 1 fully saturated rings. The van der Waals surface area contributed by atoms with Crippen LogP contribution < -0.4 is 4.90 Å². The lowest BCUT2D eigenvalue weighted by atomic mass is 10.0. The lowest BCUT2D eigenvalue weighted by Gasteiger charge is -2.31. The van der Waals surface area contributed by atoms with E-state index in [2.05, 4.69) is 29.8 Å². The first kappa shape index (κ1) is 22.8. The van der Waals surface area contributed by atoms with Crippen LogP contribution in [0.5, 0.6) is 0 Å². The van der Waals surface area contributed by atoms with Crippen molar-refractivity contribution < 1.29 is 14.6 Å². The van der Waals surface area contributed by atoms with Gasteiger partial charge in [-0.25, -0.2) is 9.97 Å². The molecule has 4 rings (SSSR count). The lowest BCUT2D eigenvalue weighted by Crippen LogP contribution is -2.37. The number of anilines is 1. The topological polar surface area (TPSA) is 80.5 Å². The van der Waals surface area contributed by atoms with E-state index in [9.17, 15) is 4.79 Å². The average Bonchev–Trinajstić information content (AvgIpc) is 3.41. The fourth-order valence-electron chi connectivity index (χ4n) is 4.53. The van der Waals surface area contributed by atoms with E-state index in [4.69, 9.17) is 38.0 Å². The van der Waals surface area contributed by atoms with Crippen molar-refractivity contribution >= 4 is 45.9 Å². The van der Waals surface area contributed by atoms with E-state index in [1.165, 1.54) is 0 Å². The highest BCUT2D eigenvalue weighted by Crippen LogP contribution is 2.39. The summed E-state index contributed by atoms with van der Waals surface area (Å²) < 4.78 is 7.64. The van der Waals surface area contributed by atoms with Crippen molar-refractivity contribution in [3.05, 3.63) is 47.0 Å². The number of pyridine rings is 1. The highest BCUT2D eigenvalue weighted by atomic mass is 35.5. The summed E-state index contributed by atoms with van der Waals surface area (Å²) in [5.41, 5.74) is 1.59. The normalized spacial score (nSPS) is 20.9. The Hall–Kier alpha value is -2.35. The standard InChI is InChI=1S/C23H26Cl2N4O3/c1-3-16-10-15(12-32-9-6-21(30)31)14(2)29(16)20-11-19(28-8-7-26-13-28)17-4-5-18(24)22(25)23(17)27-20/h4-5,7-8,11,13-16H,3,6,9-10,12H2,1-2H3,(H,30,31). The summed E-state index contributed by atoms with van der Waals surface area (Å²) in [5.74, 6) is 0.260. The number of ether oxygens (including phenoxy) is 1. The van der Waals surface area contributed by atoms with Gasteiger partial charge < -0.3 is 19.3 Å². The Morgan fingerprint density at radius 1 is 1.34 bits per heavy atom. The molecule has 7 nitrogen and oxygen atoms in total. The molecule has 3 unspecified atom stereocenters. The molecule has 3 aromatic rings. The molecule has 0 radical (unpaired) electrons. The van der Waals surface area contributed by atoms with Crippen molar-refractivity contribution in [1.29, 1.82) is 0 Å². The molecule has 1 saturated heterocycles. The van der Waals surface area contributed by atoms with Gasteiger partial charge in [0.15, 0.2) is 0 Å². The molecule has 9 heteroatoms. The Labute approximate surface area is 196 Å². The molecule has 0 amide bonds. The Kier molecular flexibility index (Phi) is 6.88. The van der Waals surface area contributed by atoms with Crippen molar-refractivity contribution in [2.75, 3.05) is 18.1 Å². The van der Waals surface area contributed by atoms with Crippen LogP contribution in [0, 0.1) is 5.92 Å². The van der Waals surface area contributed by atoms with Crippen LogP contribution in [0.15, 0.2) is 36.9 Å². The number of nitrogens with zero attached hydrogens (tertiary/aromatic N) is 4. The fourth-order valence-corrected chi connectivity index (χ4v) is 4.89. The highest BCUT2D eigenvalue weighted by Gasteiger charge is 2.38. The second kappa shape index (κ2) is 9.65. The minimum Gasteiger partial charge on any atom is -0.481 e. The lowest BCUT2D eigenvalue weighted by molar-refractivity contribution is -0.138. The van der Waals surface area contributed by atoms with Gasteiger partial charge in [0.05, 0.1) is 47.2 Å². The minimum absolute atomic E-state index is 0.0157. The van der Waals surface area contributed by atoms with Crippen LogP contribution >= 0.6 is 23.2 Å². The second-order valence-corrected chi connectivity index (χ2v) is 8.94. The van der Waals surface area contributed by atoms with Gasteiger partial charge in [0.2, 0.25) is 0 Å². The van der Waals surface area contributed by atoms with E-state index in [-0.39, 0.29) is 31.0 Å². The van der Waals surface area contributed by atoms with E-state index >= 15 is 0 Å². The van der Waals surface area contributed by atoms with Gasteiger partial charge in [-0.05, 0) is 31.9 Å². The number of hydrogen-bond acceptors (Lipinski definition) is 5. The fraction of sp³-hybridized carbons (Fsp3) is 0.435. The van der Waals surface area contributed by atoms with Crippen LogP contribution in [0.3, 0.4) is 0 Å². The van der Waals surface area contributed by atoms with Crippen molar-refractivity contribution in [2.24, 2.45) is 5.92 Å². The maximum atomic E-state index is 10.8. The number of carboxylic acid groups (broad SMARTS) is 1. The molecule has 32 heavy (non-hydrogen) atoms. The number of imidazole rings is 1. The van der Waals surface area contributed by atoms with E-state index in [1.54, 1.807) is 18.6 Å². The number of hydrogen-bond donors (Lipinski definition) is 1. The van der Waals surface area contributed by atoms with Crippen LogP contribution in [-0.4, -0.2) is 50.9 Å². The zero-order valence-electron chi connectivity index (χ0n) is 18.0. The zero-order valence-corrected chi connectivity index (χ0v) is 19.6. The largest absolute Gasteiger partial charge is 0.481 e. The summed E-state index contributed by atoms with van der Waals surface area (Å²) in [7, 11) is 0. The van der Waals surface area contributed by atoms with Gasteiger partial charge in [0.25, 0.3) is 0 Å². The van der Waals surface area contributed by atoms with Crippen molar-refractivity contribution in [3.8, 4) is 5.69 Å². The third kappa shape index (κ3) is 4.42. The SMILES string of the molecule is CCC1CC(COCCC(=O)O)C(C)N1c1cc(-n2ccnc2)c2ccc(Cl)c(Cl)c2n1. The van der Waals surface area contributed by atoms with E-state index in [1.807, 2.05) is 16.8 Å². The Balaban J connectivity index is 1.71. The van der Waals surface area contributed by atoms with Gasteiger partial charge >= 0.3 is 5.97 Å². The molecule has 2 aromatic heterocycles. The summed E-state index contributed by atoms with van der Waals surface area (Å²) in [4.78, 5) is 22.2. The molecule has 1 aliphatic rings. The van der Waals surface area contributed by atoms with Crippen LogP contribution in [-0.2, 0) is 9.53 Å². The van der Waals surface area contributed by atoms with Crippen LogP contribution in [0.1, 0.15) is 33.1 Å². The average molecular weight is 477 g/mol. The predicted molar refractivity (Wildman–Crippen MR) is 126 cm³/mol. The third-order valence-electron chi connectivity index (χ3n) is 6.24. The molecule has 3 atom stereocenters. The number of carbonyl (C=O) groups is 1. The van der Waals surface area contributed by atoms with E-state index in [0.717, 1.165) is 29.7 Å². The van der Waals surface area contributed by atoms with Crippen LogP contribution in [0.25, 0.3) is 16.6 Å². The Morgan fingerprint density at radius 3 is 2.84 bits per heavy atom. The van der Waals surface area contributed by atoms with Crippen molar-refractivity contribution in [1.82, 2.24) is 14.5 Å². The van der Waals surface area contributed by atoms with Gasteiger partial charge in [-0.3, -0.25) is 4.79 Å². The number of aliphatic carboxylic acids is 1. The Bertz CT molecular complexity index is 1110. The van der Waals surface area contributed by atoms with Gasteiger partial charge in [0.1, 0.15) is 5.82 Å². The molecule has 0 aliphatic carbocycles. The molecule has 0 saturated carbocycles. The maximum Gasteiger partial charge on any atom is 0.305 e. The first-order chi connectivity index (χ1) is 15.4. The summed E-state index contributed by atoms with van der Waals surface area (Å²) in [5, 5.41) is 10.6. The third-order valence-corrected chi connectivity index (χ3v) is 7.03. The summed E-state index contributed by atoms with van der Waals surface area (Å²) >= 11 is 12.9. The summed E-state index contributed by atoms with van der Waals surface area (Å²) in [6, 6.07) is 6.24. The molecule has 0 spiro atoms. The first-order valence-corrected chi connectivity index (χ1v) is 11.5. The van der Waals surface area contributed by atoms with Crippen molar-refractivity contribution in [2.45, 2.75) is 45.2 Å². The molecular weight excluding hydrogens is 451 g/mol. The minimum atomic E-state index is -0.847. The number of carboxylic acids is 1. The molecule has 170 valence electrons. The molecule has 1 N–H and O–H groups in total. The first-order valence-electron chi connectivity index (χ1n) is 10.8. The molecular formula is C23H26Cl2N4O3. The number of benzene rings is 1. The van der Waals surface area contributed by atoms with Gasteiger partial charge in [-0.2, -0.15) is 0 Å². The van der Waals surface area contributed by atoms with E-state index < -0.39 is 5.97 Å². The second-order valence-electron chi connectivity index (χ2n) is 8.15. The highest BCUT2D eigenvalue weighted by molar-refractivity contribution is 6.45. The summed E-state index contributed by atoms with van der Waals surface area (Å²) in [6.45, 7) is 5.08. The molecule has 1 aromatic carbocycles. The number of rotatable bonds is 8. The Morgan fingerprint density at radius 2 is 2.16 bits per heavy atom.